The molecular formula is C22H22N6O. The molecule has 0 bridgehead atoms. The lowest BCUT2D eigenvalue weighted by atomic mass is 10.1. The molecule has 4 aromatic rings. The Morgan fingerprint density at radius 1 is 1.07 bits per heavy atom. The molecule has 0 aliphatic heterocycles. The molecule has 0 saturated carbocycles. The molecule has 7 heteroatoms. The van der Waals surface area contributed by atoms with E-state index in [9.17, 15) is 0 Å². The second-order valence-corrected chi connectivity index (χ2v) is 7.11. The van der Waals surface area contributed by atoms with E-state index in [2.05, 4.69) is 37.3 Å². The van der Waals surface area contributed by atoms with Crippen LogP contribution in [-0.2, 0) is 0 Å². The molecule has 0 fully saturated rings. The molecule has 3 aromatic heterocycles. The van der Waals surface area contributed by atoms with Gasteiger partial charge < -0.3 is 10.1 Å². The first kappa shape index (κ1) is 18.6. The standard InChI is InChI=1S/C22H22N6O/c1-14-7-5-10-22(24-14)28-21-12-16(11-20(27(3)4)17(21)13-23-28)19-9-6-8-18(25-19)15(2)26-29/h5-13,29H,1-4H3. The fourth-order valence-electron chi connectivity index (χ4n) is 3.30. The molecular weight excluding hydrogens is 364 g/mol. The van der Waals surface area contributed by atoms with Gasteiger partial charge in [-0.05, 0) is 50.2 Å². The number of hydrogen-bond acceptors (Lipinski definition) is 6. The van der Waals surface area contributed by atoms with Gasteiger partial charge in [0.2, 0.25) is 0 Å². The van der Waals surface area contributed by atoms with Crippen molar-refractivity contribution in [1.29, 1.82) is 0 Å². The molecule has 0 spiro atoms. The van der Waals surface area contributed by atoms with E-state index in [4.69, 9.17) is 5.21 Å². The highest BCUT2D eigenvalue weighted by atomic mass is 16.4. The maximum Gasteiger partial charge on any atom is 0.154 e. The first-order valence-corrected chi connectivity index (χ1v) is 9.27. The predicted octanol–water partition coefficient (Wildman–Crippen LogP) is 4.06. The minimum absolute atomic E-state index is 0.467. The number of rotatable bonds is 4. The summed E-state index contributed by atoms with van der Waals surface area (Å²) >= 11 is 0. The van der Waals surface area contributed by atoms with Crippen LogP contribution in [0, 0.1) is 6.92 Å². The zero-order chi connectivity index (χ0) is 20.5. The average molecular weight is 386 g/mol. The summed E-state index contributed by atoms with van der Waals surface area (Å²) in [7, 11) is 4.01. The van der Waals surface area contributed by atoms with Gasteiger partial charge in [-0.25, -0.2) is 14.6 Å². The summed E-state index contributed by atoms with van der Waals surface area (Å²) in [4.78, 5) is 11.3. The van der Waals surface area contributed by atoms with Crippen LogP contribution >= 0.6 is 0 Å². The molecule has 1 N–H and O–H groups in total. The summed E-state index contributed by atoms with van der Waals surface area (Å²) in [6, 6.07) is 15.7. The minimum Gasteiger partial charge on any atom is -0.411 e. The smallest absolute Gasteiger partial charge is 0.154 e. The summed E-state index contributed by atoms with van der Waals surface area (Å²) in [5, 5.41) is 18.0. The summed E-state index contributed by atoms with van der Waals surface area (Å²) in [6.45, 7) is 3.69. The van der Waals surface area contributed by atoms with Crippen molar-refractivity contribution in [2.75, 3.05) is 19.0 Å². The quantitative estimate of drug-likeness (QED) is 0.325. The average Bonchev–Trinajstić information content (AvgIpc) is 3.16. The normalized spacial score (nSPS) is 11.8. The second kappa shape index (κ2) is 7.35. The molecule has 0 amide bonds. The van der Waals surface area contributed by atoms with Crippen molar-refractivity contribution in [1.82, 2.24) is 19.7 Å². The van der Waals surface area contributed by atoms with Gasteiger partial charge in [0, 0.05) is 36.4 Å². The van der Waals surface area contributed by atoms with E-state index in [0.717, 1.165) is 39.4 Å². The molecule has 7 nitrogen and oxygen atoms in total. The van der Waals surface area contributed by atoms with E-state index < -0.39 is 0 Å². The lowest BCUT2D eigenvalue weighted by molar-refractivity contribution is 0.319. The number of oxime groups is 1. The highest BCUT2D eigenvalue weighted by Gasteiger charge is 2.15. The molecule has 0 atom stereocenters. The van der Waals surface area contributed by atoms with Crippen LogP contribution in [0.4, 0.5) is 5.69 Å². The third-order valence-electron chi connectivity index (χ3n) is 4.80. The van der Waals surface area contributed by atoms with Gasteiger partial charge in [-0.1, -0.05) is 17.3 Å². The first-order chi connectivity index (χ1) is 14.0. The van der Waals surface area contributed by atoms with E-state index in [1.165, 1.54) is 0 Å². The van der Waals surface area contributed by atoms with Crippen LogP contribution in [0.3, 0.4) is 0 Å². The van der Waals surface area contributed by atoms with Crippen LogP contribution in [-0.4, -0.2) is 44.8 Å². The van der Waals surface area contributed by atoms with Gasteiger partial charge in [0.25, 0.3) is 0 Å². The molecule has 146 valence electrons. The van der Waals surface area contributed by atoms with Gasteiger partial charge in [0.05, 0.1) is 23.1 Å². The number of fused-ring (bicyclic) bond motifs is 1. The van der Waals surface area contributed by atoms with E-state index in [-0.39, 0.29) is 0 Å². The number of nitrogens with zero attached hydrogens (tertiary/aromatic N) is 6. The Balaban J connectivity index is 1.95. The van der Waals surface area contributed by atoms with Crippen LogP contribution in [0.25, 0.3) is 28.0 Å². The first-order valence-electron chi connectivity index (χ1n) is 9.27. The molecule has 1 aromatic carbocycles. The monoisotopic (exact) mass is 386 g/mol. The number of hydrogen-bond donors (Lipinski definition) is 1. The van der Waals surface area contributed by atoms with Crippen molar-refractivity contribution in [3.8, 4) is 17.1 Å². The maximum absolute atomic E-state index is 9.09. The topological polar surface area (TPSA) is 79.4 Å². The van der Waals surface area contributed by atoms with Crippen LogP contribution in [0.5, 0.6) is 0 Å². The molecule has 3 heterocycles. The molecule has 4 rings (SSSR count). The number of benzene rings is 1. The van der Waals surface area contributed by atoms with Crippen molar-refractivity contribution >= 4 is 22.3 Å². The van der Waals surface area contributed by atoms with Crippen molar-refractivity contribution in [3.63, 3.8) is 0 Å². The van der Waals surface area contributed by atoms with Gasteiger partial charge in [0.15, 0.2) is 5.82 Å². The number of aromatic nitrogens is 4. The third-order valence-corrected chi connectivity index (χ3v) is 4.80. The fraction of sp³-hybridized carbons (Fsp3) is 0.182. The van der Waals surface area contributed by atoms with Crippen molar-refractivity contribution in [3.05, 3.63) is 66.1 Å². The Morgan fingerprint density at radius 2 is 1.86 bits per heavy atom. The Labute approximate surface area is 169 Å². The summed E-state index contributed by atoms with van der Waals surface area (Å²) in [6.07, 6.45) is 1.87. The zero-order valence-corrected chi connectivity index (χ0v) is 16.8. The Bertz CT molecular complexity index is 1230. The molecule has 0 radical (unpaired) electrons. The largest absolute Gasteiger partial charge is 0.411 e. The van der Waals surface area contributed by atoms with Crippen molar-refractivity contribution < 1.29 is 5.21 Å². The van der Waals surface area contributed by atoms with Crippen LogP contribution < -0.4 is 4.90 Å². The summed E-state index contributed by atoms with van der Waals surface area (Å²) in [5.74, 6) is 0.770. The summed E-state index contributed by atoms with van der Waals surface area (Å²) in [5.41, 5.74) is 5.76. The molecule has 0 saturated heterocycles. The lowest BCUT2D eigenvalue weighted by Crippen LogP contribution is -2.09. The van der Waals surface area contributed by atoms with Crippen LogP contribution in [0.1, 0.15) is 18.3 Å². The fourth-order valence-corrected chi connectivity index (χ4v) is 3.30. The highest BCUT2D eigenvalue weighted by molar-refractivity contribution is 5.98. The minimum atomic E-state index is 0.467. The highest BCUT2D eigenvalue weighted by Crippen LogP contribution is 2.33. The van der Waals surface area contributed by atoms with Gasteiger partial charge in [-0.2, -0.15) is 5.10 Å². The Hall–Kier alpha value is -3.74. The molecule has 0 aliphatic carbocycles. The number of aryl methyl sites for hydroxylation is 1. The Morgan fingerprint density at radius 3 is 2.59 bits per heavy atom. The second-order valence-electron chi connectivity index (χ2n) is 7.11. The number of anilines is 1. The van der Waals surface area contributed by atoms with Gasteiger partial charge in [-0.3, -0.25) is 0 Å². The van der Waals surface area contributed by atoms with E-state index in [0.29, 0.717) is 11.4 Å². The van der Waals surface area contributed by atoms with E-state index >= 15 is 0 Å². The zero-order valence-electron chi connectivity index (χ0n) is 16.8. The van der Waals surface area contributed by atoms with Crippen LogP contribution in [0.15, 0.2) is 59.9 Å². The summed E-state index contributed by atoms with van der Waals surface area (Å²) < 4.78 is 1.85. The van der Waals surface area contributed by atoms with Gasteiger partial charge in [-0.15, -0.1) is 0 Å². The number of pyridine rings is 2. The van der Waals surface area contributed by atoms with Crippen molar-refractivity contribution in [2.45, 2.75) is 13.8 Å². The van der Waals surface area contributed by atoms with Gasteiger partial charge in [0.1, 0.15) is 5.71 Å². The van der Waals surface area contributed by atoms with Crippen molar-refractivity contribution in [2.24, 2.45) is 5.16 Å². The predicted molar refractivity (Wildman–Crippen MR) is 115 cm³/mol. The lowest BCUT2D eigenvalue weighted by Gasteiger charge is -2.16. The van der Waals surface area contributed by atoms with Crippen LogP contribution in [0.2, 0.25) is 0 Å². The third kappa shape index (κ3) is 3.42. The molecule has 0 aliphatic rings. The molecule has 0 unspecified atom stereocenters. The maximum atomic E-state index is 9.09. The molecule has 29 heavy (non-hydrogen) atoms. The SMILES string of the molecule is CC(=NO)c1cccc(-c2cc(N(C)C)c3cnn(-c4cccc(C)n4)c3c2)n1. The van der Waals surface area contributed by atoms with Gasteiger partial charge >= 0.3 is 0 Å². The Kier molecular flexibility index (Phi) is 4.72. The van der Waals surface area contributed by atoms with E-state index in [1.807, 2.05) is 68.3 Å². The van der Waals surface area contributed by atoms with E-state index in [1.54, 1.807) is 6.92 Å².